The van der Waals surface area contributed by atoms with Crippen LogP contribution in [0, 0.1) is 17.2 Å². The minimum absolute atomic E-state index is 0.0951. The van der Waals surface area contributed by atoms with E-state index < -0.39 is 0 Å². The van der Waals surface area contributed by atoms with Crippen molar-refractivity contribution in [3.05, 3.63) is 0 Å². The van der Waals surface area contributed by atoms with Gasteiger partial charge in [0.2, 0.25) is 5.91 Å². The summed E-state index contributed by atoms with van der Waals surface area (Å²) < 4.78 is 0. The van der Waals surface area contributed by atoms with E-state index >= 15 is 0 Å². The number of carbonyl (C=O) groups excluding carboxylic acids is 1. The number of nitrogens with zero attached hydrogens (tertiary/aromatic N) is 2. The quantitative estimate of drug-likeness (QED) is 0.655. The first-order valence-corrected chi connectivity index (χ1v) is 5.47. The van der Waals surface area contributed by atoms with Gasteiger partial charge in [-0.05, 0) is 12.8 Å². The molecule has 0 aromatic rings. The molecule has 1 unspecified atom stereocenters. The molecule has 1 aliphatic rings. The fourth-order valence-electron chi connectivity index (χ4n) is 1.38. The maximum atomic E-state index is 11.8. The molecule has 0 aromatic heterocycles. The summed E-state index contributed by atoms with van der Waals surface area (Å²) in [5, 5.41) is 8.48. The predicted molar refractivity (Wildman–Crippen MR) is 54.8 cm³/mol. The van der Waals surface area contributed by atoms with E-state index in [4.69, 9.17) is 16.9 Å². The minimum Gasteiger partial charge on any atom is -0.338 e. The Morgan fingerprint density at radius 3 is 2.79 bits per heavy atom. The van der Waals surface area contributed by atoms with Crippen LogP contribution in [0.5, 0.6) is 0 Å². The first kappa shape index (κ1) is 11.3. The Balaban J connectivity index is 2.49. The average Bonchev–Trinajstić information content (AvgIpc) is 3.01. The Bertz CT molecular complexity index is 245. The Kier molecular flexibility index (Phi) is 4.21. The van der Waals surface area contributed by atoms with Crippen molar-refractivity contribution in [3.63, 3.8) is 0 Å². The second-order valence-electron chi connectivity index (χ2n) is 3.73. The summed E-state index contributed by atoms with van der Waals surface area (Å²) in [5.74, 6) is 0.322. The van der Waals surface area contributed by atoms with Crippen LogP contribution in [0.4, 0.5) is 0 Å². The van der Waals surface area contributed by atoms with Gasteiger partial charge in [-0.15, -0.1) is 11.6 Å². The van der Waals surface area contributed by atoms with Gasteiger partial charge in [0.25, 0.3) is 0 Å². The number of hydrogen-bond acceptors (Lipinski definition) is 2. The van der Waals surface area contributed by atoms with Crippen molar-refractivity contribution < 1.29 is 4.79 Å². The Morgan fingerprint density at radius 2 is 2.36 bits per heavy atom. The molecule has 1 atom stereocenters. The van der Waals surface area contributed by atoms with E-state index in [1.54, 1.807) is 0 Å². The van der Waals surface area contributed by atoms with Crippen molar-refractivity contribution in [1.82, 2.24) is 4.90 Å². The lowest BCUT2D eigenvalue weighted by molar-refractivity contribution is -0.134. The number of amides is 1. The summed E-state index contributed by atoms with van der Waals surface area (Å²) in [6, 6.07) is 2.44. The lowest BCUT2D eigenvalue weighted by atomic mass is 10.2. The van der Waals surface area contributed by atoms with Crippen molar-refractivity contribution >= 4 is 17.5 Å². The maximum Gasteiger partial charge on any atom is 0.226 e. The molecule has 3 nitrogen and oxygen atoms in total. The first-order chi connectivity index (χ1) is 6.70. The summed E-state index contributed by atoms with van der Waals surface area (Å²) in [7, 11) is 0. The maximum absolute atomic E-state index is 11.8. The summed E-state index contributed by atoms with van der Waals surface area (Å²) in [4.78, 5) is 13.6. The van der Waals surface area contributed by atoms with Crippen LogP contribution in [-0.4, -0.2) is 29.3 Å². The number of alkyl halides is 1. The van der Waals surface area contributed by atoms with Gasteiger partial charge in [0, 0.05) is 24.4 Å². The zero-order chi connectivity index (χ0) is 10.6. The number of nitriles is 1. The SMILES string of the molecule is CC(CCl)C(=O)N(CCC#N)C1CC1. The standard InChI is InChI=1S/C10H15ClN2O/c1-8(7-11)10(14)13(6-2-5-12)9-3-4-9/h8-9H,2-4,6-7H2,1H3. The normalized spacial score (nSPS) is 17.2. The highest BCUT2D eigenvalue weighted by Gasteiger charge is 2.33. The number of rotatable bonds is 5. The number of halogens is 1. The van der Waals surface area contributed by atoms with Gasteiger partial charge >= 0.3 is 0 Å². The van der Waals surface area contributed by atoms with Gasteiger partial charge in [0.05, 0.1) is 12.5 Å². The van der Waals surface area contributed by atoms with Crippen molar-refractivity contribution in [1.29, 1.82) is 5.26 Å². The largest absolute Gasteiger partial charge is 0.338 e. The molecular weight excluding hydrogens is 200 g/mol. The van der Waals surface area contributed by atoms with Gasteiger partial charge in [-0.3, -0.25) is 4.79 Å². The molecule has 1 amide bonds. The lowest BCUT2D eigenvalue weighted by Gasteiger charge is -2.23. The van der Waals surface area contributed by atoms with Crippen LogP contribution in [0.1, 0.15) is 26.2 Å². The first-order valence-electron chi connectivity index (χ1n) is 4.94. The van der Waals surface area contributed by atoms with E-state index in [9.17, 15) is 4.79 Å². The fraction of sp³-hybridized carbons (Fsp3) is 0.800. The van der Waals surface area contributed by atoms with Crippen LogP contribution in [-0.2, 0) is 4.79 Å². The summed E-state index contributed by atoms with van der Waals surface area (Å²) in [5.41, 5.74) is 0. The molecular formula is C10H15ClN2O. The van der Waals surface area contributed by atoms with Crippen molar-refractivity contribution in [3.8, 4) is 6.07 Å². The van der Waals surface area contributed by atoms with Crippen molar-refractivity contribution in [2.24, 2.45) is 5.92 Å². The molecule has 1 rings (SSSR count). The summed E-state index contributed by atoms with van der Waals surface area (Å²) >= 11 is 5.64. The summed E-state index contributed by atoms with van der Waals surface area (Å²) in [6.07, 6.45) is 2.57. The number of carbonyl (C=O) groups is 1. The third-order valence-electron chi connectivity index (χ3n) is 2.39. The highest BCUT2D eigenvalue weighted by Crippen LogP contribution is 2.28. The van der Waals surface area contributed by atoms with Crippen molar-refractivity contribution in [2.45, 2.75) is 32.2 Å². The molecule has 4 heteroatoms. The topological polar surface area (TPSA) is 44.1 Å². The van der Waals surface area contributed by atoms with Crippen LogP contribution in [0.2, 0.25) is 0 Å². The molecule has 0 aromatic carbocycles. The van der Waals surface area contributed by atoms with Gasteiger partial charge in [-0.2, -0.15) is 5.26 Å². The monoisotopic (exact) mass is 214 g/mol. The van der Waals surface area contributed by atoms with Crippen LogP contribution in [0.25, 0.3) is 0 Å². The molecule has 14 heavy (non-hydrogen) atoms. The Labute approximate surface area is 89.6 Å². The highest BCUT2D eigenvalue weighted by molar-refractivity contribution is 6.19. The third-order valence-corrected chi connectivity index (χ3v) is 2.85. The van der Waals surface area contributed by atoms with Crippen LogP contribution >= 0.6 is 11.6 Å². The van der Waals surface area contributed by atoms with E-state index in [-0.39, 0.29) is 11.8 Å². The molecule has 1 saturated carbocycles. The minimum atomic E-state index is -0.129. The van der Waals surface area contributed by atoms with E-state index in [0.29, 0.717) is 24.9 Å². The van der Waals surface area contributed by atoms with E-state index in [1.807, 2.05) is 11.8 Å². The van der Waals surface area contributed by atoms with Crippen molar-refractivity contribution in [2.75, 3.05) is 12.4 Å². The van der Waals surface area contributed by atoms with Crippen LogP contribution in [0.15, 0.2) is 0 Å². The van der Waals surface area contributed by atoms with Crippen LogP contribution < -0.4 is 0 Å². The molecule has 0 saturated heterocycles. The highest BCUT2D eigenvalue weighted by atomic mass is 35.5. The molecule has 0 N–H and O–H groups in total. The van der Waals surface area contributed by atoms with E-state index in [1.165, 1.54) is 0 Å². The molecule has 0 aliphatic heterocycles. The molecule has 0 bridgehead atoms. The molecule has 0 heterocycles. The second kappa shape index (κ2) is 5.21. The average molecular weight is 215 g/mol. The van der Waals surface area contributed by atoms with Gasteiger partial charge in [0.1, 0.15) is 0 Å². The van der Waals surface area contributed by atoms with Gasteiger partial charge < -0.3 is 4.90 Å². The second-order valence-corrected chi connectivity index (χ2v) is 4.03. The smallest absolute Gasteiger partial charge is 0.226 e. The zero-order valence-electron chi connectivity index (χ0n) is 8.37. The predicted octanol–water partition coefficient (Wildman–Crippen LogP) is 1.77. The third kappa shape index (κ3) is 2.88. The van der Waals surface area contributed by atoms with Crippen LogP contribution in [0.3, 0.4) is 0 Å². The zero-order valence-corrected chi connectivity index (χ0v) is 9.13. The van der Waals surface area contributed by atoms with Gasteiger partial charge in [-0.1, -0.05) is 6.92 Å². The van der Waals surface area contributed by atoms with Gasteiger partial charge in [-0.25, -0.2) is 0 Å². The fourth-order valence-corrected chi connectivity index (χ4v) is 1.51. The number of hydrogen-bond donors (Lipinski definition) is 0. The molecule has 1 aliphatic carbocycles. The lowest BCUT2D eigenvalue weighted by Crippen LogP contribution is -2.38. The Hall–Kier alpha value is -0.750. The molecule has 0 spiro atoms. The van der Waals surface area contributed by atoms with E-state index in [2.05, 4.69) is 6.07 Å². The summed E-state index contributed by atoms with van der Waals surface area (Å²) in [6.45, 7) is 2.39. The molecule has 78 valence electrons. The van der Waals surface area contributed by atoms with Gasteiger partial charge in [0.15, 0.2) is 0 Å². The molecule has 0 radical (unpaired) electrons. The molecule has 1 fully saturated rings. The van der Waals surface area contributed by atoms with E-state index in [0.717, 1.165) is 12.8 Å². The Morgan fingerprint density at radius 1 is 1.71 bits per heavy atom.